The molecule has 18 heavy (non-hydrogen) atoms. The topological polar surface area (TPSA) is 75.4 Å². The normalized spacial score (nSPS) is 18.7. The Kier molecular flexibility index (Phi) is 3.82. The van der Waals surface area contributed by atoms with E-state index >= 15 is 0 Å². The molecule has 1 aromatic carbocycles. The van der Waals surface area contributed by atoms with Crippen molar-refractivity contribution in [2.45, 2.75) is 25.4 Å². The summed E-state index contributed by atoms with van der Waals surface area (Å²) in [6, 6.07) is 8.97. The summed E-state index contributed by atoms with van der Waals surface area (Å²) in [7, 11) is 0. The van der Waals surface area contributed by atoms with Crippen LogP contribution in [0.1, 0.15) is 18.4 Å². The van der Waals surface area contributed by atoms with E-state index in [9.17, 15) is 9.59 Å². The predicted octanol–water partition coefficient (Wildman–Crippen LogP) is 0.846. The number of rotatable bonds is 3. The highest BCUT2D eigenvalue weighted by molar-refractivity contribution is 5.86. The van der Waals surface area contributed by atoms with E-state index < -0.39 is 11.9 Å². The van der Waals surface area contributed by atoms with Crippen molar-refractivity contribution in [2.75, 3.05) is 6.54 Å². The number of hydrogen-bond donors (Lipinski definition) is 2. The number of benzene rings is 1. The minimum absolute atomic E-state index is 0.222. The second kappa shape index (κ2) is 5.53. The molecule has 0 radical (unpaired) electrons. The summed E-state index contributed by atoms with van der Waals surface area (Å²) in [4.78, 5) is 24.7. The molecule has 0 bridgehead atoms. The molecule has 1 saturated heterocycles. The van der Waals surface area contributed by atoms with Crippen molar-refractivity contribution >= 4 is 11.9 Å². The summed E-state index contributed by atoms with van der Waals surface area (Å²) < 4.78 is 0. The molecule has 1 fully saturated rings. The molecule has 3 amide bonds. The Morgan fingerprint density at radius 2 is 2.06 bits per heavy atom. The van der Waals surface area contributed by atoms with E-state index in [0.717, 1.165) is 12.0 Å². The summed E-state index contributed by atoms with van der Waals surface area (Å²) in [6.07, 6.45) is 1.49. The molecule has 0 saturated carbocycles. The number of nitrogens with one attached hydrogen (secondary N) is 1. The molecule has 1 aliphatic heterocycles. The lowest BCUT2D eigenvalue weighted by atomic mass is 10.2. The number of likely N-dealkylation sites (tertiary alicyclic amines) is 1. The molecule has 1 aromatic rings. The van der Waals surface area contributed by atoms with E-state index in [1.165, 1.54) is 4.90 Å². The van der Waals surface area contributed by atoms with Gasteiger partial charge in [-0.15, -0.1) is 0 Å². The third-order valence-electron chi connectivity index (χ3n) is 3.13. The SMILES string of the molecule is NC(=O)C1CCCN1C(=O)NCc1ccccc1. The Bertz CT molecular complexity index is 433. The van der Waals surface area contributed by atoms with E-state index in [1.807, 2.05) is 30.3 Å². The molecule has 5 nitrogen and oxygen atoms in total. The van der Waals surface area contributed by atoms with Crippen molar-refractivity contribution in [3.8, 4) is 0 Å². The maximum absolute atomic E-state index is 11.9. The van der Waals surface area contributed by atoms with Crippen LogP contribution in [0.2, 0.25) is 0 Å². The highest BCUT2D eigenvalue weighted by Gasteiger charge is 2.32. The van der Waals surface area contributed by atoms with Crippen LogP contribution in [0.25, 0.3) is 0 Å². The van der Waals surface area contributed by atoms with Crippen LogP contribution in [-0.4, -0.2) is 29.4 Å². The first-order chi connectivity index (χ1) is 8.68. The van der Waals surface area contributed by atoms with Crippen LogP contribution in [0.3, 0.4) is 0 Å². The first-order valence-electron chi connectivity index (χ1n) is 6.06. The minimum atomic E-state index is -0.458. The molecular weight excluding hydrogens is 230 g/mol. The van der Waals surface area contributed by atoms with Crippen LogP contribution in [0.5, 0.6) is 0 Å². The van der Waals surface area contributed by atoms with Crippen molar-refractivity contribution in [1.29, 1.82) is 0 Å². The molecule has 5 heteroatoms. The zero-order valence-corrected chi connectivity index (χ0v) is 10.1. The lowest BCUT2D eigenvalue weighted by molar-refractivity contribution is -0.121. The summed E-state index contributed by atoms with van der Waals surface area (Å²) in [6.45, 7) is 1.05. The van der Waals surface area contributed by atoms with E-state index in [0.29, 0.717) is 19.5 Å². The maximum atomic E-state index is 11.9. The molecule has 1 atom stereocenters. The van der Waals surface area contributed by atoms with E-state index in [2.05, 4.69) is 5.32 Å². The number of nitrogens with two attached hydrogens (primary N) is 1. The number of urea groups is 1. The van der Waals surface area contributed by atoms with E-state index in [4.69, 9.17) is 5.73 Å². The van der Waals surface area contributed by atoms with Gasteiger partial charge in [0.15, 0.2) is 0 Å². The molecule has 1 unspecified atom stereocenters. The van der Waals surface area contributed by atoms with Gasteiger partial charge in [0.2, 0.25) is 5.91 Å². The highest BCUT2D eigenvalue weighted by atomic mass is 16.2. The predicted molar refractivity (Wildman–Crippen MR) is 67.6 cm³/mol. The Morgan fingerprint density at radius 1 is 1.33 bits per heavy atom. The van der Waals surface area contributed by atoms with Gasteiger partial charge in [-0.3, -0.25) is 4.79 Å². The molecule has 0 aromatic heterocycles. The monoisotopic (exact) mass is 247 g/mol. The van der Waals surface area contributed by atoms with Crippen molar-refractivity contribution in [3.63, 3.8) is 0 Å². The second-order valence-electron chi connectivity index (χ2n) is 4.40. The standard InChI is InChI=1S/C13H17N3O2/c14-12(17)11-7-4-8-16(11)13(18)15-9-10-5-2-1-3-6-10/h1-3,5-6,11H,4,7-9H2,(H2,14,17)(H,15,18). The van der Waals surface area contributed by atoms with Crippen LogP contribution in [0, 0.1) is 0 Å². The van der Waals surface area contributed by atoms with Crippen molar-refractivity contribution in [1.82, 2.24) is 10.2 Å². The number of carbonyl (C=O) groups is 2. The van der Waals surface area contributed by atoms with Gasteiger partial charge < -0.3 is 16.0 Å². The first-order valence-corrected chi connectivity index (χ1v) is 6.06. The maximum Gasteiger partial charge on any atom is 0.318 e. The van der Waals surface area contributed by atoms with Crippen LogP contribution < -0.4 is 11.1 Å². The zero-order chi connectivity index (χ0) is 13.0. The first kappa shape index (κ1) is 12.4. The Morgan fingerprint density at radius 3 is 2.72 bits per heavy atom. The number of amides is 3. The Labute approximate surface area is 106 Å². The molecule has 1 aliphatic rings. The van der Waals surface area contributed by atoms with Gasteiger partial charge >= 0.3 is 6.03 Å². The van der Waals surface area contributed by atoms with Gasteiger partial charge in [-0.2, -0.15) is 0 Å². The fraction of sp³-hybridized carbons (Fsp3) is 0.385. The van der Waals surface area contributed by atoms with Crippen LogP contribution >= 0.6 is 0 Å². The number of nitrogens with zero attached hydrogens (tertiary/aromatic N) is 1. The molecule has 2 rings (SSSR count). The van der Waals surface area contributed by atoms with Gasteiger partial charge in [0.25, 0.3) is 0 Å². The Balaban J connectivity index is 1.90. The van der Waals surface area contributed by atoms with Gasteiger partial charge in [0.05, 0.1) is 0 Å². The summed E-state index contributed by atoms with van der Waals surface area (Å²) in [5.41, 5.74) is 6.30. The van der Waals surface area contributed by atoms with Crippen molar-refractivity contribution < 1.29 is 9.59 Å². The average molecular weight is 247 g/mol. The van der Waals surface area contributed by atoms with Crippen LogP contribution in [0.4, 0.5) is 4.79 Å². The molecular formula is C13H17N3O2. The van der Waals surface area contributed by atoms with Crippen LogP contribution in [-0.2, 0) is 11.3 Å². The lowest BCUT2D eigenvalue weighted by Crippen LogP contribution is -2.47. The average Bonchev–Trinajstić information content (AvgIpc) is 2.86. The third kappa shape index (κ3) is 2.80. The molecule has 0 aliphatic carbocycles. The number of carbonyl (C=O) groups excluding carboxylic acids is 2. The van der Waals surface area contributed by atoms with Crippen molar-refractivity contribution in [3.05, 3.63) is 35.9 Å². The smallest absolute Gasteiger partial charge is 0.318 e. The van der Waals surface area contributed by atoms with Gasteiger partial charge in [-0.25, -0.2) is 4.79 Å². The quantitative estimate of drug-likeness (QED) is 0.830. The zero-order valence-electron chi connectivity index (χ0n) is 10.1. The molecule has 0 spiro atoms. The minimum Gasteiger partial charge on any atom is -0.368 e. The number of primary amides is 1. The van der Waals surface area contributed by atoms with E-state index in [-0.39, 0.29) is 6.03 Å². The van der Waals surface area contributed by atoms with E-state index in [1.54, 1.807) is 0 Å². The van der Waals surface area contributed by atoms with Gasteiger partial charge in [-0.1, -0.05) is 30.3 Å². The largest absolute Gasteiger partial charge is 0.368 e. The molecule has 1 heterocycles. The molecule has 96 valence electrons. The summed E-state index contributed by atoms with van der Waals surface area (Å²) in [5.74, 6) is -0.428. The summed E-state index contributed by atoms with van der Waals surface area (Å²) >= 11 is 0. The van der Waals surface area contributed by atoms with Gasteiger partial charge in [0.1, 0.15) is 6.04 Å². The lowest BCUT2D eigenvalue weighted by Gasteiger charge is -2.22. The summed E-state index contributed by atoms with van der Waals surface area (Å²) in [5, 5.41) is 2.80. The van der Waals surface area contributed by atoms with Crippen LogP contribution in [0.15, 0.2) is 30.3 Å². The fourth-order valence-electron chi connectivity index (χ4n) is 2.18. The highest BCUT2D eigenvalue weighted by Crippen LogP contribution is 2.16. The van der Waals surface area contributed by atoms with Gasteiger partial charge in [0, 0.05) is 13.1 Å². The fourth-order valence-corrected chi connectivity index (χ4v) is 2.18. The second-order valence-corrected chi connectivity index (χ2v) is 4.40. The van der Waals surface area contributed by atoms with Gasteiger partial charge in [-0.05, 0) is 18.4 Å². The van der Waals surface area contributed by atoms with Crippen molar-refractivity contribution in [2.24, 2.45) is 5.73 Å². The Hall–Kier alpha value is -2.04. The third-order valence-corrected chi connectivity index (χ3v) is 3.13. The number of hydrogen-bond acceptors (Lipinski definition) is 2. The molecule has 3 N–H and O–H groups in total.